The highest BCUT2D eigenvalue weighted by Crippen LogP contribution is 2.34. The molecule has 1 saturated carbocycles. The first-order chi connectivity index (χ1) is 11.1. The molecule has 8 heteroatoms. The van der Waals surface area contributed by atoms with Gasteiger partial charge in [0.05, 0.1) is 0 Å². The summed E-state index contributed by atoms with van der Waals surface area (Å²) in [5.41, 5.74) is 0.623. The minimum absolute atomic E-state index is 0.112. The first-order valence-corrected chi connectivity index (χ1v) is 8.17. The van der Waals surface area contributed by atoms with Gasteiger partial charge < -0.3 is 11.2 Å². The first kappa shape index (κ1) is 15.5. The molecule has 2 aromatic rings. The zero-order valence-corrected chi connectivity index (χ0v) is 13.4. The first-order valence-electron chi connectivity index (χ1n) is 7.29. The van der Waals surface area contributed by atoms with Crippen molar-refractivity contribution in [2.75, 3.05) is 5.84 Å². The zero-order valence-electron chi connectivity index (χ0n) is 12.6. The fourth-order valence-corrected chi connectivity index (χ4v) is 3.02. The average molecular weight is 331 g/mol. The number of aryl methyl sites for hydroxylation is 1. The Hall–Kier alpha value is -2.35. The summed E-state index contributed by atoms with van der Waals surface area (Å²) in [6, 6.07) is 9.59. The van der Waals surface area contributed by atoms with Crippen molar-refractivity contribution in [2.24, 2.45) is 0 Å². The lowest BCUT2D eigenvalue weighted by atomic mass is 10.1. The average Bonchev–Trinajstić information content (AvgIpc) is 3.37. The van der Waals surface area contributed by atoms with Gasteiger partial charge in [0.15, 0.2) is 0 Å². The summed E-state index contributed by atoms with van der Waals surface area (Å²) in [4.78, 5) is 24.4. The molecule has 3 rings (SSSR count). The molecule has 120 valence electrons. The second-order valence-electron chi connectivity index (χ2n) is 5.43. The van der Waals surface area contributed by atoms with Gasteiger partial charge in [-0.2, -0.15) is 4.68 Å². The van der Waals surface area contributed by atoms with E-state index in [9.17, 15) is 9.59 Å². The van der Waals surface area contributed by atoms with E-state index in [1.807, 2.05) is 30.3 Å². The lowest BCUT2D eigenvalue weighted by Crippen LogP contribution is -2.34. The Morgan fingerprint density at radius 3 is 2.70 bits per heavy atom. The minimum atomic E-state index is -0.539. The predicted molar refractivity (Wildman–Crippen MR) is 87.4 cm³/mol. The van der Waals surface area contributed by atoms with Crippen LogP contribution in [-0.4, -0.2) is 26.8 Å². The number of thioether (sulfide) groups is 1. The molecule has 1 aliphatic carbocycles. The van der Waals surface area contributed by atoms with Gasteiger partial charge in [0.25, 0.3) is 5.56 Å². The second kappa shape index (κ2) is 6.41. The number of carbonyl (C=O) groups excluding carboxylic acids is 1. The van der Waals surface area contributed by atoms with Gasteiger partial charge in [-0.15, -0.1) is 10.2 Å². The molecule has 23 heavy (non-hydrogen) atoms. The summed E-state index contributed by atoms with van der Waals surface area (Å²) in [6.45, 7) is 1.54. The van der Waals surface area contributed by atoms with E-state index in [0.29, 0.717) is 0 Å². The summed E-state index contributed by atoms with van der Waals surface area (Å²) in [5, 5.41) is 10.4. The molecule has 1 heterocycles. The number of hydrogen-bond acceptors (Lipinski definition) is 6. The maximum absolute atomic E-state index is 12.6. The maximum atomic E-state index is 12.6. The third-order valence-corrected chi connectivity index (χ3v) is 4.72. The standard InChI is InChI=1S/C15H17N5O2S/c1-9-14(22)20(16)15(19-18-9)23-12(10-5-3-2-4-6-10)13(21)17-11-7-8-11/h2-6,11-12H,7-8,16H2,1H3,(H,17,21)/t12-/m1/s1. The normalized spacial score (nSPS) is 15.2. The third kappa shape index (κ3) is 3.53. The molecule has 0 radical (unpaired) electrons. The molecular weight excluding hydrogens is 314 g/mol. The zero-order chi connectivity index (χ0) is 16.4. The minimum Gasteiger partial charge on any atom is -0.352 e. The highest BCUT2D eigenvalue weighted by Gasteiger charge is 2.30. The van der Waals surface area contributed by atoms with Gasteiger partial charge in [-0.1, -0.05) is 42.1 Å². The molecule has 1 fully saturated rings. The van der Waals surface area contributed by atoms with Crippen LogP contribution in [0.4, 0.5) is 0 Å². The van der Waals surface area contributed by atoms with Crippen molar-refractivity contribution < 1.29 is 4.79 Å². The van der Waals surface area contributed by atoms with Gasteiger partial charge in [-0.05, 0) is 25.3 Å². The fraction of sp³-hybridized carbons (Fsp3) is 0.333. The van der Waals surface area contributed by atoms with E-state index in [1.54, 1.807) is 6.92 Å². The van der Waals surface area contributed by atoms with Crippen LogP contribution in [0.15, 0.2) is 40.3 Å². The number of carbonyl (C=O) groups is 1. The largest absolute Gasteiger partial charge is 0.352 e. The lowest BCUT2D eigenvalue weighted by Gasteiger charge is -2.17. The SMILES string of the molecule is Cc1nnc(S[C@@H](C(=O)NC2CC2)c2ccccc2)n(N)c1=O. The van der Waals surface area contributed by atoms with Crippen molar-refractivity contribution in [3.05, 3.63) is 51.9 Å². The smallest absolute Gasteiger partial charge is 0.294 e. The predicted octanol–water partition coefficient (Wildman–Crippen LogP) is 0.773. The van der Waals surface area contributed by atoms with Gasteiger partial charge in [-0.25, -0.2) is 0 Å². The van der Waals surface area contributed by atoms with Crippen LogP contribution in [0.25, 0.3) is 0 Å². The highest BCUT2D eigenvalue weighted by molar-refractivity contribution is 8.00. The molecule has 1 aromatic carbocycles. The fourth-order valence-electron chi connectivity index (χ4n) is 2.06. The van der Waals surface area contributed by atoms with Crippen LogP contribution in [0.2, 0.25) is 0 Å². The van der Waals surface area contributed by atoms with E-state index in [4.69, 9.17) is 5.84 Å². The molecule has 3 N–H and O–H groups in total. The molecule has 1 aliphatic rings. The molecule has 7 nitrogen and oxygen atoms in total. The monoisotopic (exact) mass is 331 g/mol. The van der Waals surface area contributed by atoms with Gasteiger partial charge >= 0.3 is 0 Å². The number of nitrogens with one attached hydrogen (secondary N) is 1. The van der Waals surface area contributed by atoms with E-state index < -0.39 is 10.8 Å². The summed E-state index contributed by atoms with van der Waals surface area (Å²) in [5.74, 6) is 5.66. The molecule has 0 aliphatic heterocycles. The number of rotatable bonds is 5. The van der Waals surface area contributed by atoms with Crippen LogP contribution in [0.1, 0.15) is 29.3 Å². The number of hydrogen-bond donors (Lipinski definition) is 2. The quantitative estimate of drug-likeness (QED) is 0.620. The Bertz CT molecular complexity index is 773. The molecule has 0 unspecified atom stereocenters. The lowest BCUT2D eigenvalue weighted by molar-refractivity contribution is -0.120. The van der Waals surface area contributed by atoms with E-state index in [1.165, 1.54) is 0 Å². The Morgan fingerprint density at radius 2 is 2.04 bits per heavy atom. The van der Waals surface area contributed by atoms with E-state index in [0.717, 1.165) is 34.8 Å². The number of nitrogen functional groups attached to an aromatic ring is 1. The van der Waals surface area contributed by atoms with Gasteiger partial charge in [0.1, 0.15) is 10.9 Å². The van der Waals surface area contributed by atoms with Crippen molar-refractivity contribution in [3.63, 3.8) is 0 Å². The van der Waals surface area contributed by atoms with Gasteiger partial charge in [-0.3, -0.25) is 9.59 Å². The van der Waals surface area contributed by atoms with Crippen molar-refractivity contribution in [1.82, 2.24) is 20.2 Å². The Morgan fingerprint density at radius 1 is 1.35 bits per heavy atom. The summed E-state index contributed by atoms with van der Waals surface area (Å²) >= 11 is 1.12. The summed E-state index contributed by atoms with van der Waals surface area (Å²) < 4.78 is 0.938. The molecular formula is C15H17N5O2S. The Balaban J connectivity index is 1.91. The van der Waals surface area contributed by atoms with Crippen LogP contribution < -0.4 is 16.7 Å². The molecule has 0 saturated heterocycles. The van der Waals surface area contributed by atoms with Crippen LogP contribution in [0, 0.1) is 6.92 Å². The number of nitrogens with zero attached hydrogens (tertiary/aromatic N) is 3. The van der Waals surface area contributed by atoms with Crippen molar-refractivity contribution >= 4 is 17.7 Å². The molecule has 1 amide bonds. The highest BCUT2D eigenvalue weighted by atomic mass is 32.2. The van der Waals surface area contributed by atoms with E-state index in [-0.39, 0.29) is 22.8 Å². The van der Waals surface area contributed by atoms with Gasteiger partial charge in [0, 0.05) is 6.04 Å². The number of amides is 1. The van der Waals surface area contributed by atoms with Crippen LogP contribution in [-0.2, 0) is 4.79 Å². The van der Waals surface area contributed by atoms with Crippen LogP contribution >= 0.6 is 11.8 Å². The molecule has 1 aromatic heterocycles. The molecule has 1 atom stereocenters. The van der Waals surface area contributed by atoms with Crippen molar-refractivity contribution in [3.8, 4) is 0 Å². The van der Waals surface area contributed by atoms with Gasteiger partial charge in [0.2, 0.25) is 11.1 Å². The number of benzene rings is 1. The summed E-state index contributed by atoms with van der Waals surface area (Å²) in [6.07, 6.45) is 2.01. The van der Waals surface area contributed by atoms with Crippen LogP contribution in [0.3, 0.4) is 0 Å². The maximum Gasteiger partial charge on any atom is 0.294 e. The Labute approximate surface area is 137 Å². The third-order valence-electron chi connectivity index (χ3n) is 3.51. The number of aromatic nitrogens is 3. The molecule has 0 spiro atoms. The van der Waals surface area contributed by atoms with E-state index in [2.05, 4.69) is 15.5 Å². The molecule has 0 bridgehead atoms. The topological polar surface area (TPSA) is 103 Å². The second-order valence-corrected chi connectivity index (χ2v) is 6.51. The number of nitrogens with two attached hydrogens (primary N) is 1. The van der Waals surface area contributed by atoms with Crippen LogP contribution in [0.5, 0.6) is 0 Å². The Kier molecular flexibility index (Phi) is 4.33. The summed E-state index contributed by atoms with van der Waals surface area (Å²) in [7, 11) is 0. The van der Waals surface area contributed by atoms with Crippen molar-refractivity contribution in [1.29, 1.82) is 0 Å². The van der Waals surface area contributed by atoms with E-state index >= 15 is 0 Å². The van der Waals surface area contributed by atoms with Crippen molar-refractivity contribution in [2.45, 2.75) is 36.2 Å².